The third-order valence-corrected chi connectivity index (χ3v) is 3.14. The molecule has 1 fully saturated rings. The first-order valence-electron chi connectivity index (χ1n) is 5.82. The molecule has 100 valence electrons. The van der Waals surface area contributed by atoms with Crippen molar-refractivity contribution in [3.8, 4) is 0 Å². The van der Waals surface area contributed by atoms with Gasteiger partial charge in [-0.1, -0.05) is 0 Å². The number of alkyl halides is 3. The van der Waals surface area contributed by atoms with Crippen molar-refractivity contribution in [2.45, 2.75) is 37.5 Å². The van der Waals surface area contributed by atoms with E-state index in [0.29, 0.717) is 11.9 Å². The fourth-order valence-electron chi connectivity index (χ4n) is 2.13. The van der Waals surface area contributed by atoms with Gasteiger partial charge in [0, 0.05) is 12.1 Å². The zero-order valence-electron chi connectivity index (χ0n) is 9.96. The van der Waals surface area contributed by atoms with Gasteiger partial charge in [0.2, 0.25) is 0 Å². The summed E-state index contributed by atoms with van der Waals surface area (Å²) in [4.78, 5) is 7.11. The highest BCUT2D eigenvalue weighted by molar-refractivity contribution is 5.33. The highest BCUT2D eigenvalue weighted by atomic mass is 19.4. The molecule has 1 aromatic heterocycles. The van der Waals surface area contributed by atoms with Crippen LogP contribution >= 0.6 is 0 Å². The van der Waals surface area contributed by atoms with Crippen LogP contribution in [-0.2, 0) is 6.18 Å². The highest BCUT2D eigenvalue weighted by Crippen LogP contribution is 2.27. The number of halogens is 3. The van der Waals surface area contributed by atoms with Crippen LogP contribution in [0.4, 0.5) is 19.0 Å². The Morgan fingerprint density at radius 2 is 1.89 bits per heavy atom. The van der Waals surface area contributed by atoms with Gasteiger partial charge in [-0.05, 0) is 26.3 Å². The molecule has 0 saturated heterocycles. The lowest BCUT2D eigenvalue weighted by molar-refractivity contribution is -0.141. The normalized spacial score (nSPS) is 24.2. The SMILES string of the molecule is CNC1CCC(Nc2cnc(C(F)(F)F)cn2)C1. The fourth-order valence-corrected chi connectivity index (χ4v) is 2.13. The highest BCUT2D eigenvalue weighted by Gasteiger charge is 2.33. The van der Waals surface area contributed by atoms with E-state index in [0.717, 1.165) is 31.7 Å². The summed E-state index contributed by atoms with van der Waals surface area (Å²) in [6.45, 7) is 0. The molecule has 0 aromatic carbocycles. The van der Waals surface area contributed by atoms with Crippen molar-refractivity contribution in [3.05, 3.63) is 18.1 Å². The number of hydrogen-bond acceptors (Lipinski definition) is 4. The maximum absolute atomic E-state index is 12.3. The molecule has 0 amide bonds. The van der Waals surface area contributed by atoms with Crippen LogP contribution in [0, 0.1) is 0 Å². The number of anilines is 1. The molecule has 4 nitrogen and oxygen atoms in total. The van der Waals surface area contributed by atoms with Gasteiger partial charge in [-0.3, -0.25) is 0 Å². The van der Waals surface area contributed by atoms with Crippen LogP contribution in [0.25, 0.3) is 0 Å². The number of hydrogen-bond donors (Lipinski definition) is 2. The number of nitrogens with one attached hydrogen (secondary N) is 2. The van der Waals surface area contributed by atoms with Crippen molar-refractivity contribution in [1.82, 2.24) is 15.3 Å². The summed E-state index contributed by atoms with van der Waals surface area (Å²) in [5, 5.41) is 6.29. The molecule has 0 bridgehead atoms. The molecule has 2 rings (SSSR count). The van der Waals surface area contributed by atoms with E-state index in [4.69, 9.17) is 0 Å². The van der Waals surface area contributed by atoms with E-state index in [1.54, 1.807) is 0 Å². The van der Waals surface area contributed by atoms with Crippen molar-refractivity contribution in [1.29, 1.82) is 0 Å². The monoisotopic (exact) mass is 260 g/mol. The Balaban J connectivity index is 1.95. The van der Waals surface area contributed by atoms with Crippen molar-refractivity contribution < 1.29 is 13.2 Å². The van der Waals surface area contributed by atoms with Gasteiger partial charge >= 0.3 is 6.18 Å². The van der Waals surface area contributed by atoms with E-state index in [1.165, 1.54) is 0 Å². The van der Waals surface area contributed by atoms with E-state index in [1.807, 2.05) is 7.05 Å². The minimum absolute atomic E-state index is 0.244. The summed E-state index contributed by atoms with van der Waals surface area (Å²) in [7, 11) is 1.91. The van der Waals surface area contributed by atoms with Crippen molar-refractivity contribution in [3.63, 3.8) is 0 Å². The van der Waals surface area contributed by atoms with Crippen LogP contribution in [-0.4, -0.2) is 29.1 Å². The van der Waals surface area contributed by atoms with Crippen molar-refractivity contribution in [2.75, 3.05) is 12.4 Å². The number of nitrogens with zero attached hydrogens (tertiary/aromatic N) is 2. The molecule has 0 spiro atoms. The summed E-state index contributed by atoms with van der Waals surface area (Å²) in [5.41, 5.74) is -0.965. The molecular weight excluding hydrogens is 245 g/mol. The lowest BCUT2D eigenvalue weighted by Crippen LogP contribution is -2.24. The van der Waals surface area contributed by atoms with Crippen LogP contribution < -0.4 is 10.6 Å². The zero-order valence-corrected chi connectivity index (χ0v) is 9.96. The van der Waals surface area contributed by atoms with Crippen LogP contribution in [0.5, 0.6) is 0 Å². The van der Waals surface area contributed by atoms with Gasteiger partial charge in [0.25, 0.3) is 0 Å². The van der Waals surface area contributed by atoms with E-state index >= 15 is 0 Å². The van der Waals surface area contributed by atoms with E-state index in [2.05, 4.69) is 20.6 Å². The van der Waals surface area contributed by atoms with Gasteiger partial charge in [-0.25, -0.2) is 9.97 Å². The number of rotatable bonds is 3. The molecule has 7 heteroatoms. The first-order chi connectivity index (χ1) is 8.49. The van der Waals surface area contributed by atoms with Crippen LogP contribution in [0.15, 0.2) is 12.4 Å². The van der Waals surface area contributed by atoms with Gasteiger partial charge < -0.3 is 10.6 Å². The van der Waals surface area contributed by atoms with E-state index in [9.17, 15) is 13.2 Å². The minimum atomic E-state index is -4.43. The van der Waals surface area contributed by atoms with Crippen LogP contribution in [0.3, 0.4) is 0 Å². The van der Waals surface area contributed by atoms with Gasteiger partial charge in [0.1, 0.15) is 5.82 Å². The van der Waals surface area contributed by atoms with Crippen LogP contribution in [0.1, 0.15) is 25.0 Å². The molecule has 2 unspecified atom stereocenters. The maximum Gasteiger partial charge on any atom is 0.434 e. The molecule has 0 radical (unpaired) electrons. The predicted molar refractivity (Wildman–Crippen MR) is 61.1 cm³/mol. The van der Waals surface area contributed by atoms with Crippen molar-refractivity contribution >= 4 is 5.82 Å². The minimum Gasteiger partial charge on any atom is -0.366 e. The van der Waals surface area contributed by atoms with Gasteiger partial charge in [0.15, 0.2) is 5.69 Å². The summed E-state index contributed by atoms with van der Waals surface area (Å²) < 4.78 is 36.9. The maximum atomic E-state index is 12.3. The number of aromatic nitrogens is 2. The molecule has 18 heavy (non-hydrogen) atoms. The summed E-state index contributed by atoms with van der Waals surface area (Å²) in [5.74, 6) is 0.393. The second-order valence-electron chi connectivity index (χ2n) is 4.42. The molecule has 1 aromatic rings. The lowest BCUT2D eigenvalue weighted by Gasteiger charge is -2.14. The van der Waals surface area contributed by atoms with Crippen LogP contribution in [0.2, 0.25) is 0 Å². The zero-order chi connectivity index (χ0) is 13.2. The summed E-state index contributed by atoms with van der Waals surface area (Å²) >= 11 is 0. The van der Waals surface area contributed by atoms with Gasteiger partial charge in [-0.2, -0.15) is 13.2 Å². The first-order valence-corrected chi connectivity index (χ1v) is 5.82. The average Bonchev–Trinajstić information content (AvgIpc) is 2.76. The fraction of sp³-hybridized carbons (Fsp3) is 0.636. The molecule has 2 atom stereocenters. The summed E-state index contributed by atoms with van der Waals surface area (Å²) in [6, 6.07) is 0.707. The quantitative estimate of drug-likeness (QED) is 0.873. The Labute approximate surface area is 103 Å². The second-order valence-corrected chi connectivity index (χ2v) is 4.42. The molecular formula is C11H15F3N4. The molecule has 1 heterocycles. The average molecular weight is 260 g/mol. The van der Waals surface area contributed by atoms with Crippen molar-refractivity contribution in [2.24, 2.45) is 0 Å². The lowest BCUT2D eigenvalue weighted by atomic mass is 10.2. The Hall–Kier alpha value is -1.37. The molecule has 2 N–H and O–H groups in total. The Morgan fingerprint density at radius 1 is 1.17 bits per heavy atom. The Bertz CT molecular complexity index is 390. The van der Waals surface area contributed by atoms with E-state index in [-0.39, 0.29) is 6.04 Å². The van der Waals surface area contributed by atoms with E-state index < -0.39 is 11.9 Å². The molecule has 1 aliphatic rings. The third-order valence-electron chi connectivity index (χ3n) is 3.14. The standard InChI is InChI=1S/C11H15F3N4/c1-15-7-2-3-8(4-7)18-10-6-16-9(5-17-10)11(12,13)14/h5-8,15H,2-4H2,1H3,(H,17,18). The smallest absolute Gasteiger partial charge is 0.366 e. The molecule has 1 aliphatic carbocycles. The second kappa shape index (κ2) is 5.09. The van der Waals surface area contributed by atoms with Gasteiger partial charge in [0.05, 0.1) is 12.4 Å². The largest absolute Gasteiger partial charge is 0.434 e. The summed E-state index contributed by atoms with van der Waals surface area (Å²) in [6.07, 6.45) is 0.439. The Kier molecular flexibility index (Phi) is 3.70. The van der Waals surface area contributed by atoms with Gasteiger partial charge in [-0.15, -0.1) is 0 Å². The molecule has 0 aliphatic heterocycles. The first kappa shape index (κ1) is 13.1. The predicted octanol–water partition coefficient (Wildman–Crippen LogP) is 2.05. The third kappa shape index (κ3) is 3.10. The molecule has 1 saturated carbocycles. The topological polar surface area (TPSA) is 49.8 Å². The Morgan fingerprint density at radius 3 is 2.39 bits per heavy atom.